The fraction of sp³-hybridized carbons (Fsp3) is 0.550. The number of carbonyl (C=O) groups excluding carboxylic acids is 2. The van der Waals surface area contributed by atoms with Crippen molar-refractivity contribution in [3.8, 4) is 11.4 Å². The molecule has 2 saturated heterocycles. The molecular weight excluding hydrogens is 374 g/mol. The highest BCUT2D eigenvalue weighted by molar-refractivity contribution is 5.92. The van der Waals surface area contributed by atoms with Gasteiger partial charge in [-0.3, -0.25) is 14.6 Å². The van der Waals surface area contributed by atoms with Gasteiger partial charge in [-0.05, 0) is 37.8 Å². The molecule has 4 heterocycles. The summed E-state index contributed by atoms with van der Waals surface area (Å²) in [6.07, 6.45) is 6.89. The highest BCUT2D eigenvalue weighted by Gasteiger charge is 2.52. The summed E-state index contributed by atoms with van der Waals surface area (Å²) in [4.78, 5) is 37.8. The van der Waals surface area contributed by atoms with Crippen LogP contribution in [0.5, 0.6) is 0 Å². The highest BCUT2D eigenvalue weighted by atomic mass is 16.5. The number of hydrogen-bond acceptors (Lipinski definition) is 7. The number of aryl methyl sites for hydroxylation is 1. The molecule has 0 radical (unpaired) electrons. The topological polar surface area (TPSA) is 113 Å². The average molecular weight is 399 g/mol. The Labute approximate surface area is 168 Å². The Kier molecular flexibility index (Phi) is 5.57. The van der Waals surface area contributed by atoms with E-state index in [1.807, 2.05) is 0 Å². The molecule has 2 amide bonds. The van der Waals surface area contributed by atoms with Gasteiger partial charge in [0.15, 0.2) is 0 Å². The molecule has 0 aliphatic carbocycles. The summed E-state index contributed by atoms with van der Waals surface area (Å²) >= 11 is 0. The molecule has 2 aliphatic heterocycles. The Balaban J connectivity index is 1.42. The van der Waals surface area contributed by atoms with Crippen molar-refractivity contribution in [2.24, 2.45) is 0 Å². The number of β-amino-alcohol motifs (C(OH)–C–C–N with tert-alkyl or cyclic N) is 1. The number of piperidine rings is 1. The maximum absolute atomic E-state index is 13.1. The van der Waals surface area contributed by atoms with E-state index in [4.69, 9.17) is 4.52 Å². The van der Waals surface area contributed by atoms with Crippen LogP contribution < -0.4 is 0 Å². The quantitative estimate of drug-likeness (QED) is 0.772. The van der Waals surface area contributed by atoms with E-state index in [-0.39, 0.29) is 24.8 Å². The lowest BCUT2D eigenvalue weighted by Crippen LogP contribution is -2.61. The van der Waals surface area contributed by atoms with Gasteiger partial charge in [0, 0.05) is 50.4 Å². The Hall–Kier alpha value is -2.81. The van der Waals surface area contributed by atoms with Gasteiger partial charge < -0.3 is 19.4 Å². The van der Waals surface area contributed by atoms with E-state index in [1.54, 1.807) is 34.3 Å². The van der Waals surface area contributed by atoms with E-state index in [0.717, 1.165) is 18.4 Å². The maximum Gasteiger partial charge on any atom is 0.248 e. The molecule has 2 aromatic heterocycles. The summed E-state index contributed by atoms with van der Waals surface area (Å²) in [5, 5.41) is 13.2. The molecule has 1 atom stereocenters. The molecular formula is C20H25N5O4. The number of aliphatic hydroxyl groups excluding tert-OH is 1. The predicted molar refractivity (Wildman–Crippen MR) is 102 cm³/mol. The first kappa shape index (κ1) is 19.5. The van der Waals surface area contributed by atoms with Crippen LogP contribution in [0.3, 0.4) is 0 Å². The summed E-state index contributed by atoms with van der Waals surface area (Å²) in [5.41, 5.74) is 0.0539. The number of hydrogen-bond donors (Lipinski definition) is 1. The Bertz CT molecular complexity index is 869. The molecule has 4 rings (SSSR count). The minimum atomic E-state index is -0.748. The van der Waals surface area contributed by atoms with E-state index in [9.17, 15) is 14.7 Å². The largest absolute Gasteiger partial charge is 0.395 e. The van der Waals surface area contributed by atoms with Gasteiger partial charge >= 0.3 is 0 Å². The van der Waals surface area contributed by atoms with Crippen molar-refractivity contribution in [2.45, 2.75) is 44.1 Å². The van der Waals surface area contributed by atoms with Crippen LogP contribution in [0.25, 0.3) is 11.4 Å². The molecule has 0 bridgehead atoms. The zero-order valence-corrected chi connectivity index (χ0v) is 16.3. The molecule has 29 heavy (non-hydrogen) atoms. The molecule has 1 N–H and O–H groups in total. The van der Waals surface area contributed by atoms with E-state index in [1.165, 1.54) is 0 Å². The normalized spacial score (nSPS) is 21.9. The molecule has 154 valence electrons. The molecule has 9 heteroatoms. The van der Waals surface area contributed by atoms with Gasteiger partial charge in [0.2, 0.25) is 23.5 Å². The van der Waals surface area contributed by atoms with E-state index < -0.39 is 5.54 Å². The van der Waals surface area contributed by atoms with Gasteiger partial charge in [0.05, 0.1) is 6.61 Å². The molecule has 2 fully saturated rings. The van der Waals surface area contributed by atoms with Crippen LogP contribution in [0.1, 0.15) is 38.0 Å². The molecule has 1 unspecified atom stereocenters. The first-order chi connectivity index (χ1) is 14.1. The first-order valence-corrected chi connectivity index (χ1v) is 10.1. The summed E-state index contributed by atoms with van der Waals surface area (Å²) in [5.74, 6) is 0.775. The number of carbonyl (C=O) groups is 2. The van der Waals surface area contributed by atoms with Crippen LogP contribution in [0.4, 0.5) is 0 Å². The fourth-order valence-electron chi connectivity index (χ4n) is 4.45. The maximum atomic E-state index is 13.1. The second-order valence-corrected chi connectivity index (χ2v) is 7.55. The Morgan fingerprint density at radius 2 is 1.97 bits per heavy atom. The van der Waals surface area contributed by atoms with Crippen LogP contribution in [0.15, 0.2) is 29.0 Å². The smallest absolute Gasteiger partial charge is 0.248 e. The predicted octanol–water partition coefficient (Wildman–Crippen LogP) is 1.04. The Morgan fingerprint density at radius 3 is 2.72 bits per heavy atom. The number of pyridine rings is 1. The van der Waals surface area contributed by atoms with Crippen LogP contribution in [0, 0.1) is 0 Å². The van der Waals surface area contributed by atoms with Crippen LogP contribution in [-0.2, 0) is 16.0 Å². The second kappa shape index (κ2) is 8.28. The van der Waals surface area contributed by atoms with Gasteiger partial charge in [-0.15, -0.1) is 0 Å². The fourth-order valence-corrected chi connectivity index (χ4v) is 4.45. The van der Waals surface area contributed by atoms with Gasteiger partial charge in [0.1, 0.15) is 5.54 Å². The van der Waals surface area contributed by atoms with Crippen molar-refractivity contribution >= 4 is 11.8 Å². The van der Waals surface area contributed by atoms with E-state index >= 15 is 0 Å². The Morgan fingerprint density at radius 1 is 1.21 bits per heavy atom. The summed E-state index contributed by atoms with van der Waals surface area (Å²) in [6, 6.07) is 3.58. The zero-order chi connectivity index (χ0) is 20.3. The van der Waals surface area contributed by atoms with Gasteiger partial charge in [-0.2, -0.15) is 4.98 Å². The third-order valence-electron chi connectivity index (χ3n) is 5.82. The number of aromatic nitrogens is 3. The van der Waals surface area contributed by atoms with E-state index in [2.05, 4.69) is 15.1 Å². The molecule has 9 nitrogen and oxygen atoms in total. The number of aliphatic hydroxyl groups is 1. The first-order valence-electron chi connectivity index (χ1n) is 10.1. The van der Waals surface area contributed by atoms with Crippen LogP contribution in [0.2, 0.25) is 0 Å². The van der Waals surface area contributed by atoms with Crippen LogP contribution >= 0.6 is 0 Å². The second-order valence-electron chi connectivity index (χ2n) is 7.55. The lowest BCUT2D eigenvalue weighted by molar-refractivity contribution is -0.155. The third-order valence-corrected chi connectivity index (χ3v) is 5.82. The van der Waals surface area contributed by atoms with E-state index in [0.29, 0.717) is 50.6 Å². The van der Waals surface area contributed by atoms with Crippen molar-refractivity contribution in [1.82, 2.24) is 24.9 Å². The summed E-state index contributed by atoms with van der Waals surface area (Å²) < 4.78 is 5.28. The third kappa shape index (κ3) is 3.74. The zero-order valence-electron chi connectivity index (χ0n) is 16.3. The summed E-state index contributed by atoms with van der Waals surface area (Å²) in [6.45, 7) is 1.49. The standard InChI is InChI=1S/C20H25N5O4/c26-14-13-24-11-1-7-20(19(24)28)8-2-12-25(20)17(27)4-3-16-22-18(23-29-16)15-5-9-21-10-6-15/h5-6,9-10,26H,1-4,7-8,11-14H2. The minimum Gasteiger partial charge on any atom is -0.395 e. The summed E-state index contributed by atoms with van der Waals surface area (Å²) in [7, 11) is 0. The molecule has 2 aliphatic rings. The molecule has 0 saturated carbocycles. The molecule has 1 spiro atoms. The molecule has 0 aromatic carbocycles. The lowest BCUT2D eigenvalue weighted by Gasteiger charge is -2.44. The van der Waals surface area contributed by atoms with Gasteiger partial charge in [0.25, 0.3) is 0 Å². The molecule has 2 aromatic rings. The highest BCUT2D eigenvalue weighted by Crippen LogP contribution is 2.38. The van der Waals surface area contributed by atoms with Crippen molar-refractivity contribution in [2.75, 3.05) is 26.2 Å². The number of likely N-dealkylation sites (tertiary alicyclic amines) is 2. The van der Waals surface area contributed by atoms with Crippen molar-refractivity contribution in [1.29, 1.82) is 0 Å². The SMILES string of the molecule is O=C(CCc1nc(-c2ccncc2)no1)N1CCCC12CCCN(CCO)C2=O. The number of rotatable bonds is 6. The van der Waals surface area contributed by atoms with Crippen molar-refractivity contribution in [3.05, 3.63) is 30.4 Å². The van der Waals surface area contributed by atoms with Crippen molar-refractivity contribution < 1.29 is 19.2 Å². The number of nitrogens with zero attached hydrogens (tertiary/aromatic N) is 5. The minimum absolute atomic E-state index is 0.0265. The van der Waals surface area contributed by atoms with Crippen LogP contribution in [-0.4, -0.2) is 73.6 Å². The average Bonchev–Trinajstić information content (AvgIpc) is 3.39. The number of amides is 2. The van der Waals surface area contributed by atoms with Crippen molar-refractivity contribution in [3.63, 3.8) is 0 Å². The lowest BCUT2D eigenvalue weighted by atomic mass is 9.85. The van der Waals surface area contributed by atoms with Gasteiger partial charge in [-0.1, -0.05) is 5.16 Å². The monoisotopic (exact) mass is 399 g/mol. The van der Waals surface area contributed by atoms with Gasteiger partial charge in [-0.25, -0.2) is 0 Å².